The average molecular weight is 421 g/mol. The van der Waals surface area contributed by atoms with Crippen molar-refractivity contribution in [2.45, 2.75) is 38.6 Å². The molecule has 0 aromatic heterocycles. The van der Waals surface area contributed by atoms with Gasteiger partial charge in [-0.15, -0.1) is 0 Å². The fourth-order valence-corrected chi connectivity index (χ4v) is 4.67. The summed E-state index contributed by atoms with van der Waals surface area (Å²) < 4.78 is 0. The molecule has 2 aliphatic heterocycles. The van der Waals surface area contributed by atoms with Gasteiger partial charge in [0.15, 0.2) is 6.29 Å². The normalized spacial score (nSPS) is 27.1. The minimum atomic E-state index is -1.58. The van der Waals surface area contributed by atoms with Crippen molar-refractivity contribution in [2.24, 2.45) is 21.8 Å². The number of amidine groups is 1. The van der Waals surface area contributed by atoms with Gasteiger partial charge in [-0.05, 0) is 31.0 Å². The van der Waals surface area contributed by atoms with Crippen molar-refractivity contribution >= 4 is 23.3 Å². The molecule has 2 heterocycles. The van der Waals surface area contributed by atoms with E-state index in [0.29, 0.717) is 18.1 Å². The minimum Gasteiger partial charge on any atom is -0.368 e. The Kier molecular flexibility index (Phi) is 6.15. The number of amides is 2. The van der Waals surface area contributed by atoms with Crippen molar-refractivity contribution in [3.8, 4) is 0 Å². The lowest BCUT2D eigenvalue weighted by Gasteiger charge is -2.48. The smallest absolute Gasteiger partial charge is 0.329 e. The average Bonchev–Trinajstić information content (AvgIpc) is 2.77. The van der Waals surface area contributed by atoms with Gasteiger partial charge in [0.2, 0.25) is 0 Å². The Hall–Kier alpha value is -3.03. The summed E-state index contributed by atoms with van der Waals surface area (Å²) >= 11 is 0. The molecule has 31 heavy (non-hydrogen) atoms. The minimum absolute atomic E-state index is 0.284. The molecular formula is C24H28N4O3. The molecule has 1 saturated heterocycles. The van der Waals surface area contributed by atoms with E-state index in [4.69, 9.17) is 4.99 Å². The molecule has 4 unspecified atom stereocenters. The van der Waals surface area contributed by atoms with Crippen LogP contribution in [0.3, 0.4) is 0 Å². The van der Waals surface area contributed by atoms with Crippen LogP contribution in [-0.2, 0) is 0 Å². The molecule has 4 atom stereocenters. The molecule has 4 rings (SSSR count). The van der Waals surface area contributed by atoms with Crippen molar-refractivity contribution in [2.75, 3.05) is 11.4 Å². The van der Waals surface area contributed by atoms with E-state index in [2.05, 4.69) is 10.3 Å². The predicted molar refractivity (Wildman–Crippen MR) is 121 cm³/mol. The molecule has 0 bridgehead atoms. The van der Waals surface area contributed by atoms with Gasteiger partial charge < -0.3 is 10.2 Å². The van der Waals surface area contributed by atoms with E-state index < -0.39 is 18.4 Å². The molecule has 2 aliphatic rings. The number of carbonyl (C=O) groups is 1. The lowest BCUT2D eigenvalue weighted by Crippen LogP contribution is -2.64. The number of fused-ring (bicyclic) bond motifs is 1. The van der Waals surface area contributed by atoms with Gasteiger partial charge in [-0.25, -0.2) is 4.79 Å². The zero-order chi connectivity index (χ0) is 22.0. The second kappa shape index (κ2) is 8.99. The quantitative estimate of drug-likeness (QED) is 0.648. The first-order valence-electron chi connectivity index (χ1n) is 10.7. The van der Waals surface area contributed by atoms with E-state index in [0.717, 1.165) is 17.7 Å². The third-order valence-electron chi connectivity index (χ3n) is 5.99. The van der Waals surface area contributed by atoms with E-state index in [-0.39, 0.29) is 17.9 Å². The van der Waals surface area contributed by atoms with Gasteiger partial charge in [-0.1, -0.05) is 55.5 Å². The first-order valence-corrected chi connectivity index (χ1v) is 10.7. The number of nitrogens with one attached hydrogen (secondary N) is 1. The van der Waals surface area contributed by atoms with Gasteiger partial charge in [0.05, 0.1) is 11.8 Å². The van der Waals surface area contributed by atoms with Gasteiger partial charge >= 0.3 is 6.03 Å². The van der Waals surface area contributed by atoms with Crippen LogP contribution in [0.4, 0.5) is 10.5 Å². The third-order valence-corrected chi connectivity index (χ3v) is 5.99. The second-order valence-electron chi connectivity index (χ2n) is 7.99. The fraction of sp³-hybridized carbons (Fsp3) is 0.375. The van der Waals surface area contributed by atoms with Crippen LogP contribution in [0.25, 0.3) is 0 Å². The van der Waals surface area contributed by atoms with E-state index in [1.54, 1.807) is 11.8 Å². The number of urea groups is 1. The SMILES string of the molecule is CCCN=C1NC(=O)N(c2ccccc2)C2N=C(C)C(C(O)O)C(c3ccccc3)C12. The van der Waals surface area contributed by atoms with Crippen LogP contribution in [0.2, 0.25) is 0 Å². The molecule has 3 N–H and O–H groups in total. The summed E-state index contributed by atoms with van der Waals surface area (Å²) in [4.78, 5) is 24.3. The number of hydrogen-bond acceptors (Lipinski definition) is 5. The number of aliphatic hydroxyl groups is 2. The highest BCUT2D eigenvalue weighted by Crippen LogP contribution is 2.44. The summed E-state index contributed by atoms with van der Waals surface area (Å²) in [5.41, 5.74) is 2.30. The van der Waals surface area contributed by atoms with Crippen LogP contribution in [0, 0.1) is 11.8 Å². The Morgan fingerprint density at radius 3 is 2.32 bits per heavy atom. The first-order chi connectivity index (χ1) is 15.0. The first kappa shape index (κ1) is 21.2. The Morgan fingerprint density at radius 2 is 1.71 bits per heavy atom. The van der Waals surface area contributed by atoms with Crippen LogP contribution in [-0.4, -0.2) is 46.8 Å². The summed E-state index contributed by atoms with van der Waals surface area (Å²) in [5.74, 6) is -0.712. The van der Waals surface area contributed by atoms with Gasteiger partial charge in [0.25, 0.3) is 0 Å². The van der Waals surface area contributed by atoms with Crippen LogP contribution in [0.1, 0.15) is 31.7 Å². The number of hydrogen-bond donors (Lipinski definition) is 3. The number of nitrogens with zero attached hydrogens (tertiary/aromatic N) is 3. The van der Waals surface area contributed by atoms with Crippen molar-refractivity contribution < 1.29 is 15.0 Å². The summed E-state index contributed by atoms with van der Waals surface area (Å²) in [6.07, 6.45) is -1.28. The third kappa shape index (κ3) is 3.98. The number of aliphatic hydroxyl groups excluding tert-OH is 1. The lowest BCUT2D eigenvalue weighted by atomic mass is 9.69. The van der Waals surface area contributed by atoms with Crippen LogP contribution in [0.5, 0.6) is 0 Å². The highest BCUT2D eigenvalue weighted by Gasteiger charge is 2.52. The summed E-state index contributed by atoms with van der Waals surface area (Å²) in [5, 5.41) is 23.6. The lowest BCUT2D eigenvalue weighted by molar-refractivity contribution is -0.0758. The Morgan fingerprint density at radius 1 is 1.06 bits per heavy atom. The molecule has 0 radical (unpaired) electrons. The van der Waals surface area contributed by atoms with Crippen LogP contribution in [0.15, 0.2) is 70.6 Å². The molecule has 2 aromatic carbocycles. The van der Waals surface area contributed by atoms with E-state index in [1.165, 1.54) is 0 Å². The molecule has 0 spiro atoms. The number of rotatable bonds is 5. The zero-order valence-electron chi connectivity index (χ0n) is 17.7. The van der Waals surface area contributed by atoms with Crippen LogP contribution < -0.4 is 10.2 Å². The van der Waals surface area contributed by atoms with Gasteiger partial charge in [0.1, 0.15) is 12.0 Å². The molecule has 0 saturated carbocycles. The number of aliphatic imine (C=N–C) groups is 2. The Labute approximate surface area is 182 Å². The summed E-state index contributed by atoms with van der Waals surface area (Å²) in [6, 6.07) is 18.9. The zero-order valence-corrected chi connectivity index (χ0v) is 17.7. The van der Waals surface area contributed by atoms with E-state index >= 15 is 0 Å². The number of benzene rings is 2. The molecule has 0 aliphatic carbocycles. The molecule has 7 heteroatoms. The van der Waals surface area contributed by atoms with Gasteiger partial charge in [-0.2, -0.15) is 0 Å². The highest BCUT2D eigenvalue weighted by atomic mass is 16.5. The highest BCUT2D eigenvalue weighted by molar-refractivity contribution is 6.10. The largest absolute Gasteiger partial charge is 0.368 e. The maximum atomic E-state index is 13.2. The summed E-state index contributed by atoms with van der Waals surface area (Å²) in [7, 11) is 0. The van der Waals surface area contributed by atoms with Crippen LogP contribution >= 0.6 is 0 Å². The number of anilines is 1. The maximum absolute atomic E-state index is 13.2. The monoisotopic (exact) mass is 420 g/mol. The maximum Gasteiger partial charge on any atom is 0.329 e. The van der Waals surface area contributed by atoms with Crippen molar-refractivity contribution in [1.82, 2.24) is 5.32 Å². The fourth-order valence-electron chi connectivity index (χ4n) is 4.67. The Balaban J connectivity index is 1.91. The standard InChI is InChI=1S/C24H28N4O3/c1-3-14-25-21-20-19(16-10-6-4-7-11-16)18(23(29)30)15(2)26-22(20)28(24(31)27-21)17-12-8-5-9-13-17/h4-13,18-20,22-23,29-30H,3,14H2,1-2H3,(H,25,27,31). The number of para-hydroxylation sites is 1. The van der Waals surface area contributed by atoms with Crippen molar-refractivity contribution in [1.29, 1.82) is 0 Å². The molecule has 1 fully saturated rings. The van der Waals surface area contributed by atoms with E-state index in [1.807, 2.05) is 67.6 Å². The second-order valence-corrected chi connectivity index (χ2v) is 7.99. The Bertz CT molecular complexity index is 975. The van der Waals surface area contributed by atoms with Gasteiger partial charge in [-0.3, -0.25) is 20.2 Å². The van der Waals surface area contributed by atoms with Gasteiger partial charge in [0, 0.05) is 23.9 Å². The topological polar surface area (TPSA) is 97.5 Å². The molecule has 7 nitrogen and oxygen atoms in total. The van der Waals surface area contributed by atoms with E-state index in [9.17, 15) is 15.0 Å². The molecule has 2 amide bonds. The van der Waals surface area contributed by atoms with Crippen molar-refractivity contribution in [3.05, 3.63) is 66.2 Å². The van der Waals surface area contributed by atoms with Crippen molar-refractivity contribution in [3.63, 3.8) is 0 Å². The molecule has 2 aromatic rings. The molecular weight excluding hydrogens is 392 g/mol. The predicted octanol–water partition coefficient (Wildman–Crippen LogP) is 3.15. The molecule has 162 valence electrons. The number of carbonyl (C=O) groups excluding carboxylic acids is 1. The summed E-state index contributed by atoms with van der Waals surface area (Å²) in [6.45, 7) is 4.40.